The predicted octanol–water partition coefficient (Wildman–Crippen LogP) is 0.504. The van der Waals surface area contributed by atoms with Crippen molar-refractivity contribution in [2.75, 3.05) is 27.2 Å². The molecule has 2 N–H and O–H groups in total. The second-order valence-corrected chi connectivity index (χ2v) is 5.21. The van der Waals surface area contributed by atoms with E-state index < -0.39 is 5.97 Å². The van der Waals surface area contributed by atoms with Crippen LogP contribution in [-0.4, -0.2) is 66.0 Å². The van der Waals surface area contributed by atoms with E-state index >= 15 is 0 Å². The van der Waals surface area contributed by atoms with E-state index in [2.05, 4.69) is 5.32 Å². The lowest BCUT2D eigenvalue weighted by Crippen LogP contribution is -2.49. The van der Waals surface area contributed by atoms with E-state index in [1.165, 1.54) is 4.90 Å². The van der Waals surface area contributed by atoms with Crippen molar-refractivity contribution in [2.45, 2.75) is 38.1 Å². The third-order valence-corrected chi connectivity index (χ3v) is 3.41. The summed E-state index contributed by atoms with van der Waals surface area (Å²) in [6.45, 7) is 0.845. The molecule has 20 heavy (non-hydrogen) atoms. The van der Waals surface area contributed by atoms with Crippen molar-refractivity contribution in [2.24, 2.45) is 0 Å². The Morgan fingerprint density at radius 1 is 1.30 bits per heavy atom. The summed E-state index contributed by atoms with van der Waals surface area (Å²) in [6.07, 6.45) is 2.78. The van der Waals surface area contributed by atoms with E-state index in [1.54, 1.807) is 19.0 Å². The molecular weight excluding hydrogens is 262 g/mol. The number of hydrogen-bond donors (Lipinski definition) is 2. The molecule has 1 atom stereocenters. The second kappa shape index (κ2) is 7.72. The SMILES string of the molecule is CN(C)C(=O)CCNC(=O)N1CCCCC1CC(=O)O. The summed E-state index contributed by atoms with van der Waals surface area (Å²) in [5, 5.41) is 11.6. The zero-order valence-electron chi connectivity index (χ0n) is 12.1. The predicted molar refractivity (Wildman–Crippen MR) is 73.3 cm³/mol. The number of aliphatic carboxylic acids is 1. The number of piperidine rings is 1. The van der Waals surface area contributed by atoms with Gasteiger partial charge in [-0.25, -0.2) is 4.79 Å². The number of nitrogens with one attached hydrogen (secondary N) is 1. The average molecular weight is 285 g/mol. The van der Waals surface area contributed by atoms with Crippen molar-refractivity contribution in [1.82, 2.24) is 15.1 Å². The van der Waals surface area contributed by atoms with Crippen molar-refractivity contribution < 1.29 is 19.5 Å². The van der Waals surface area contributed by atoms with Crippen molar-refractivity contribution in [3.63, 3.8) is 0 Å². The Hall–Kier alpha value is -1.79. The molecule has 7 heteroatoms. The number of hydrogen-bond acceptors (Lipinski definition) is 3. The van der Waals surface area contributed by atoms with Gasteiger partial charge in [0.05, 0.1) is 6.42 Å². The van der Waals surface area contributed by atoms with Crippen LogP contribution in [0.15, 0.2) is 0 Å². The number of likely N-dealkylation sites (tertiary alicyclic amines) is 1. The van der Waals surface area contributed by atoms with Gasteiger partial charge in [-0.1, -0.05) is 0 Å². The first-order valence-corrected chi connectivity index (χ1v) is 6.88. The minimum Gasteiger partial charge on any atom is -0.481 e. The summed E-state index contributed by atoms with van der Waals surface area (Å²) in [5.74, 6) is -0.941. The molecule has 0 saturated carbocycles. The van der Waals surface area contributed by atoms with Crippen LogP contribution in [0.1, 0.15) is 32.1 Å². The number of carboxylic acid groups (broad SMARTS) is 1. The summed E-state index contributed by atoms with van der Waals surface area (Å²) >= 11 is 0. The lowest BCUT2D eigenvalue weighted by atomic mass is 10.00. The smallest absolute Gasteiger partial charge is 0.317 e. The Bertz CT molecular complexity index is 371. The van der Waals surface area contributed by atoms with E-state index in [1.807, 2.05) is 0 Å². The number of carboxylic acids is 1. The molecule has 0 aliphatic carbocycles. The number of carbonyl (C=O) groups is 3. The summed E-state index contributed by atoms with van der Waals surface area (Å²) in [4.78, 5) is 37.3. The fourth-order valence-electron chi connectivity index (χ4n) is 2.28. The molecule has 0 radical (unpaired) electrons. The van der Waals surface area contributed by atoms with Crippen molar-refractivity contribution >= 4 is 17.9 Å². The molecule has 1 heterocycles. The van der Waals surface area contributed by atoms with Gasteiger partial charge in [0.15, 0.2) is 0 Å². The van der Waals surface area contributed by atoms with Crippen LogP contribution in [0.3, 0.4) is 0 Å². The van der Waals surface area contributed by atoms with Gasteiger partial charge >= 0.3 is 12.0 Å². The van der Waals surface area contributed by atoms with E-state index in [-0.39, 0.29) is 37.4 Å². The molecule has 1 aliphatic rings. The molecule has 1 saturated heterocycles. The molecule has 0 aromatic heterocycles. The average Bonchev–Trinajstić information content (AvgIpc) is 2.38. The largest absolute Gasteiger partial charge is 0.481 e. The van der Waals surface area contributed by atoms with Crippen LogP contribution >= 0.6 is 0 Å². The molecule has 0 aromatic carbocycles. The molecule has 7 nitrogen and oxygen atoms in total. The summed E-state index contributed by atoms with van der Waals surface area (Å²) in [5.41, 5.74) is 0. The van der Waals surface area contributed by atoms with Crippen LogP contribution in [0.25, 0.3) is 0 Å². The molecular formula is C13H23N3O4. The zero-order chi connectivity index (χ0) is 15.1. The van der Waals surface area contributed by atoms with Crippen molar-refractivity contribution in [3.8, 4) is 0 Å². The van der Waals surface area contributed by atoms with Crippen LogP contribution in [0.4, 0.5) is 4.79 Å². The molecule has 1 fully saturated rings. The second-order valence-electron chi connectivity index (χ2n) is 5.21. The lowest BCUT2D eigenvalue weighted by Gasteiger charge is -2.34. The Morgan fingerprint density at radius 3 is 2.60 bits per heavy atom. The zero-order valence-corrected chi connectivity index (χ0v) is 12.1. The van der Waals surface area contributed by atoms with E-state index in [0.717, 1.165) is 19.3 Å². The van der Waals surface area contributed by atoms with Gasteiger partial charge in [0.25, 0.3) is 0 Å². The Labute approximate surface area is 118 Å². The highest BCUT2D eigenvalue weighted by Crippen LogP contribution is 2.19. The summed E-state index contributed by atoms with van der Waals surface area (Å²) in [6, 6.07) is -0.520. The van der Waals surface area contributed by atoms with E-state index in [0.29, 0.717) is 6.54 Å². The van der Waals surface area contributed by atoms with Gasteiger partial charge in [0.1, 0.15) is 0 Å². The minimum atomic E-state index is -0.891. The minimum absolute atomic E-state index is 0.0238. The maximum atomic E-state index is 12.0. The first-order chi connectivity index (χ1) is 9.41. The Balaban J connectivity index is 2.43. The quantitative estimate of drug-likeness (QED) is 0.770. The number of carbonyl (C=O) groups excluding carboxylic acids is 2. The fraction of sp³-hybridized carbons (Fsp3) is 0.769. The van der Waals surface area contributed by atoms with Crippen LogP contribution in [0.5, 0.6) is 0 Å². The number of rotatable bonds is 5. The molecule has 1 rings (SSSR count). The Morgan fingerprint density at radius 2 is 2.00 bits per heavy atom. The first-order valence-electron chi connectivity index (χ1n) is 6.88. The van der Waals surface area contributed by atoms with Crippen molar-refractivity contribution in [3.05, 3.63) is 0 Å². The molecule has 0 aromatic rings. The highest BCUT2D eigenvalue weighted by molar-refractivity contribution is 5.78. The van der Waals surface area contributed by atoms with Gasteiger partial charge in [0, 0.05) is 39.6 Å². The van der Waals surface area contributed by atoms with Crippen LogP contribution in [-0.2, 0) is 9.59 Å². The summed E-state index contributed by atoms with van der Waals surface area (Å²) in [7, 11) is 3.33. The standard InChI is InChI=1S/C13H23N3O4/c1-15(2)11(17)6-7-14-13(20)16-8-4-3-5-10(16)9-12(18)19/h10H,3-9H2,1-2H3,(H,14,20)(H,18,19). The molecule has 0 bridgehead atoms. The number of amides is 3. The third kappa shape index (κ3) is 5.07. The lowest BCUT2D eigenvalue weighted by molar-refractivity contribution is -0.138. The van der Waals surface area contributed by atoms with Gasteiger partial charge in [-0.05, 0) is 19.3 Å². The van der Waals surface area contributed by atoms with Crippen molar-refractivity contribution in [1.29, 1.82) is 0 Å². The summed E-state index contributed by atoms with van der Waals surface area (Å²) < 4.78 is 0. The van der Waals surface area contributed by atoms with Gasteiger partial charge in [-0.2, -0.15) is 0 Å². The van der Waals surface area contributed by atoms with Gasteiger partial charge in [-0.3, -0.25) is 9.59 Å². The van der Waals surface area contributed by atoms with Gasteiger partial charge < -0.3 is 20.2 Å². The monoisotopic (exact) mass is 285 g/mol. The highest BCUT2D eigenvalue weighted by atomic mass is 16.4. The molecule has 0 spiro atoms. The molecule has 3 amide bonds. The van der Waals surface area contributed by atoms with E-state index in [9.17, 15) is 14.4 Å². The maximum Gasteiger partial charge on any atom is 0.317 e. The first kappa shape index (κ1) is 16.3. The maximum absolute atomic E-state index is 12.0. The highest BCUT2D eigenvalue weighted by Gasteiger charge is 2.28. The number of nitrogens with zero attached hydrogens (tertiary/aromatic N) is 2. The molecule has 1 aliphatic heterocycles. The van der Waals surface area contributed by atoms with Crippen LogP contribution < -0.4 is 5.32 Å². The topological polar surface area (TPSA) is 90.0 Å². The van der Waals surface area contributed by atoms with E-state index in [4.69, 9.17) is 5.11 Å². The number of urea groups is 1. The third-order valence-electron chi connectivity index (χ3n) is 3.41. The van der Waals surface area contributed by atoms with Gasteiger partial charge in [-0.15, -0.1) is 0 Å². The van der Waals surface area contributed by atoms with Gasteiger partial charge in [0.2, 0.25) is 5.91 Å². The normalized spacial score (nSPS) is 18.5. The van der Waals surface area contributed by atoms with Crippen LogP contribution in [0, 0.1) is 0 Å². The Kier molecular flexibility index (Phi) is 6.27. The fourth-order valence-corrected chi connectivity index (χ4v) is 2.28. The van der Waals surface area contributed by atoms with Crippen LogP contribution in [0.2, 0.25) is 0 Å². The molecule has 114 valence electrons. The molecule has 1 unspecified atom stereocenters.